The molecule has 1 aliphatic rings. The van der Waals surface area contributed by atoms with E-state index in [2.05, 4.69) is 20.4 Å². The summed E-state index contributed by atoms with van der Waals surface area (Å²) < 4.78 is 5.16. The van der Waals surface area contributed by atoms with Crippen molar-refractivity contribution in [1.29, 1.82) is 0 Å². The van der Waals surface area contributed by atoms with Gasteiger partial charge in [-0.15, -0.1) is 0 Å². The number of aromatic nitrogens is 3. The summed E-state index contributed by atoms with van der Waals surface area (Å²) in [6, 6.07) is 1.75. The molecule has 0 unspecified atom stereocenters. The van der Waals surface area contributed by atoms with Crippen molar-refractivity contribution >= 4 is 11.7 Å². The summed E-state index contributed by atoms with van der Waals surface area (Å²) in [5.41, 5.74) is 1.43. The SMILES string of the molecule is CCc1cc(C(=O)N2CCC[C@H](Cc3cnc(NC)cn3)CC2)no1. The zero-order chi connectivity index (χ0) is 17.6. The molecule has 0 spiro atoms. The predicted molar refractivity (Wildman–Crippen MR) is 94.4 cm³/mol. The molecule has 134 valence electrons. The molecule has 1 atom stereocenters. The van der Waals surface area contributed by atoms with E-state index in [1.165, 1.54) is 0 Å². The third-order valence-electron chi connectivity index (χ3n) is 4.72. The van der Waals surface area contributed by atoms with Crippen LogP contribution in [0.5, 0.6) is 0 Å². The molecule has 0 radical (unpaired) electrons. The maximum absolute atomic E-state index is 12.6. The molecule has 3 rings (SSSR count). The number of rotatable bonds is 5. The van der Waals surface area contributed by atoms with Crippen LogP contribution in [0, 0.1) is 5.92 Å². The Bertz CT molecular complexity index is 698. The summed E-state index contributed by atoms with van der Waals surface area (Å²) in [5, 5.41) is 6.88. The molecule has 1 N–H and O–H groups in total. The second-order valence-electron chi connectivity index (χ2n) is 6.47. The molecule has 1 amide bonds. The Morgan fingerprint density at radius 3 is 2.88 bits per heavy atom. The van der Waals surface area contributed by atoms with Gasteiger partial charge in [0.25, 0.3) is 5.91 Å². The van der Waals surface area contributed by atoms with Crippen molar-refractivity contribution < 1.29 is 9.32 Å². The number of nitrogens with zero attached hydrogens (tertiary/aromatic N) is 4. The van der Waals surface area contributed by atoms with Crippen LogP contribution in [-0.2, 0) is 12.8 Å². The average Bonchev–Trinajstić information content (AvgIpc) is 3.02. The summed E-state index contributed by atoms with van der Waals surface area (Å²) >= 11 is 0. The number of nitrogens with one attached hydrogen (secondary N) is 1. The van der Waals surface area contributed by atoms with Crippen LogP contribution in [0.25, 0.3) is 0 Å². The molecule has 3 heterocycles. The maximum atomic E-state index is 12.6. The van der Waals surface area contributed by atoms with Gasteiger partial charge in [0.05, 0.1) is 18.1 Å². The van der Waals surface area contributed by atoms with E-state index >= 15 is 0 Å². The highest BCUT2D eigenvalue weighted by Crippen LogP contribution is 2.22. The quantitative estimate of drug-likeness (QED) is 0.898. The van der Waals surface area contributed by atoms with Crippen molar-refractivity contribution in [3.05, 3.63) is 35.6 Å². The van der Waals surface area contributed by atoms with E-state index in [0.29, 0.717) is 11.6 Å². The minimum atomic E-state index is -0.0257. The number of hydrogen-bond acceptors (Lipinski definition) is 6. The maximum Gasteiger partial charge on any atom is 0.276 e. The Hall–Kier alpha value is -2.44. The average molecular weight is 343 g/mol. The lowest BCUT2D eigenvalue weighted by atomic mass is 9.95. The smallest absolute Gasteiger partial charge is 0.276 e. The molecule has 1 aliphatic heterocycles. The molecule has 0 saturated carbocycles. The zero-order valence-corrected chi connectivity index (χ0v) is 14.9. The molecule has 1 fully saturated rings. The highest BCUT2D eigenvalue weighted by atomic mass is 16.5. The Morgan fingerprint density at radius 1 is 1.32 bits per heavy atom. The van der Waals surface area contributed by atoms with Gasteiger partial charge in [0.2, 0.25) is 0 Å². The summed E-state index contributed by atoms with van der Waals surface area (Å²) in [7, 11) is 1.83. The van der Waals surface area contributed by atoms with Gasteiger partial charge in [-0.2, -0.15) is 0 Å². The van der Waals surface area contributed by atoms with Gasteiger partial charge in [-0.1, -0.05) is 12.1 Å². The monoisotopic (exact) mass is 343 g/mol. The van der Waals surface area contributed by atoms with Crippen LogP contribution in [-0.4, -0.2) is 46.1 Å². The zero-order valence-electron chi connectivity index (χ0n) is 14.9. The molecule has 25 heavy (non-hydrogen) atoms. The fourth-order valence-electron chi connectivity index (χ4n) is 3.20. The minimum Gasteiger partial charge on any atom is -0.372 e. The van der Waals surface area contributed by atoms with Crippen molar-refractivity contribution in [2.45, 2.75) is 39.0 Å². The third-order valence-corrected chi connectivity index (χ3v) is 4.72. The van der Waals surface area contributed by atoms with Crippen LogP contribution in [0.3, 0.4) is 0 Å². The van der Waals surface area contributed by atoms with Crippen molar-refractivity contribution in [2.75, 3.05) is 25.5 Å². The number of aryl methyl sites for hydroxylation is 1. The first kappa shape index (κ1) is 17.4. The number of amides is 1. The Kier molecular flexibility index (Phi) is 5.63. The number of hydrogen-bond donors (Lipinski definition) is 1. The van der Waals surface area contributed by atoms with E-state index in [-0.39, 0.29) is 5.91 Å². The molecular weight excluding hydrogens is 318 g/mol. The van der Waals surface area contributed by atoms with E-state index in [4.69, 9.17) is 4.52 Å². The highest BCUT2D eigenvalue weighted by molar-refractivity contribution is 5.92. The molecule has 2 aromatic heterocycles. The van der Waals surface area contributed by atoms with Gasteiger partial charge in [-0.25, -0.2) is 4.98 Å². The van der Waals surface area contributed by atoms with Crippen LogP contribution in [0.1, 0.15) is 48.1 Å². The van der Waals surface area contributed by atoms with Crippen molar-refractivity contribution in [1.82, 2.24) is 20.0 Å². The fourth-order valence-corrected chi connectivity index (χ4v) is 3.20. The van der Waals surface area contributed by atoms with Gasteiger partial charge in [0.15, 0.2) is 5.69 Å². The molecule has 7 heteroatoms. The second kappa shape index (κ2) is 8.09. The molecule has 2 aromatic rings. The Labute approximate surface area is 147 Å². The van der Waals surface area contributed by atoms with Gasteiger partial charge in [0.1, 0.15) is 11.6 Å². The van der Waals surface area contributed by atoms with E-state index in [1.807, 2.05) is 25.1 Å². The molecule has 0 aromatic carbocycles. The van der Waals surface area contributed by atoms with Crippen LogP contribution >= 0.6 is 0 Å². The number of likely N-dealkylation sites (tertiary alicyclic amines) is 1. The molecule has 0 aliphatic carbocycles. The van der Waals surface area contributed by atoms with Crippen LogP contribution in [0.4, 0.5) is 5.82 Å². The summed E-state index contributed by atoms with van der Waals surface area (Å²) in [4.78, 5) is 23.3. The third kappa shape index (κ3) is 4.35. The van der Waals surface area contributed by atoms with E-state index in [1.54, 1.807) is 12.3 Å². The van der Waals surface area contributed by atoms with Gasteiger partial charge in [0, 0.05) is 32.6 Å². The molecular formula is C18H25N5O2. The van der Waals surface area contributed by atoms with Gasteiger partial charge in [-0.05, 0) is 31.6 Å². The summed E-state index contributed by atoms with van der Waals surface area (Å²) in [5.74, 6) is 2.03. The first-order valence-electron chi connectivity index (χ1n) is 8.93. The predicted octanol–water partition coefficient (Wildman–Crippen LogP) is 2.55. The minimum absolute atomic E-state index is 0.0257. The summed E-state index contributed by atoms with van der Waals surface area (Å²) in [6.07, 6.45) is 8.31. The number of anilines is 1. The van der Waals surface area contributed by atoms with Crippen LogP contribution < -0.4 is 5.32 Å². The Balaban J connectivity index is 1.56. The number of carbonyl (C=O) groups excluding carboxylic acids is 1. The first-order valence-corrected chi connectivity index (χ1v) is 8.93. The van der Waals surface area contributed by atoms with Crippen molar-refractivity contribution in [2.24, 2.45) is 5.92 Å². The second-order valence-corrected chi connectivity index (χ2v) is 6.47. The van der Waals surface area contributed by atoms with E-state index in [9.17, 15) is 4.79 Å². The topological polar surface area (TPSA) is 84.2 Å². The van der Waals surface area contributed by atoms with Crippen molar-refractivity contribution in [3.8, 4) is 0 Å². The molecule has 0 bridgehead atoms. The fraction of sp³-hybridized carbons (Fsp3) is 0.556. The summed E-state index contributed by atoms with van der Waals surface area (Å²) in [6.45, 7) is 3.51. The van der Waals surface area contributed by atoms with Crippen molar-refractivity contribution in [3.63, 3.8) is 0 Å². The van der Waals surface area contributed by atoms with Crippen LogP contribution in [0.15, 0.2) is 23.0 Å². The normalized spacial score (nSPS) is 18.0. The Morgan fingerprint density at radius 2 is 2.20 bits per heavy atom. The van der Waals surface area contributed by atoms with Crippen LogP contribution in [0.2, 0.25) is 0 Å². The molecule has 1 saturated heterocycles. The van der Waals surface area contributed by atoms with Gasteiger partial charge < -0.3 is 14.7 Å². The van der Waals surface area contributed by atoms with Gasteiger partial charge in [-0.3, -0.25) is 9.78 Å². The highest BCUT2D eigenvalue weighted by Gasteiger charge is 2.24. The lowest BCUT2D eigenvalue weighted by molar-refractivity contribution is 0.0749. The van der Waals surface area contributed by atoms with E-state index < -0.39 is 0 Å². The molecule has 7 nitrogen and oxygen atoms in total. The largest absolute Gasteiger partial charge is 0.372 e. The standard InChI is InChI=1S/C18H25N5O2/c1-3-15-10-16(22-25-15)18(24)23-7-4-5-13(6-8-23)9-14-11-21-17(19-2)12-20-14/h10-13H,3-9H2,1-2H3,(H,19,21)/t13-/m0/s1. The van der Waals surface area contributed by atoms with E-state index in [0.717, 1.165) is 62.5 Å². The van der Waals surface area contributed by atoms with Gasteiger partial charge >= 0.3 is 0 Å². The lowest BCUT2D eigenvalue weighted by Crippen LogP contribution is -2.32. The first-order chi connectivity index (χ1) is 12.2. The number of carbonyl (C=O) groups is 1. The lowest BCUT2D eigenvalue weighted by Gasteiger charge is -2.19.